The summed E-state index contributed by atoms with van der Waals surface area (Å²) in [6, 6.07) is 11.6. The van der Waals surface area contributed by atoms with Crippen molar-refractivity contribution >= 4 is 40.0 Å². The number of benzene rings is 2. The predicted octanol–water partition coefficient (Wildman–Crippen LogP) is 3.78. The van der Waals surface area contributed by atoms with Crippen LogP contribution in [0.2, 0.25) is 0 Å². The molecule has 17 heavy (non-hydrogen) atoms. The molecule has 2 aromatic carbocycles. The fraction of sp³-hybridized carbons (Fsp3) is 0.0769. The van der Waals surface area contributed by atoms with E-state index in [0.29, 0.717) is 5.58 Å². The lowest BCUT2D eigenvalue weighted by Gasteiger charge is -2.01. The highest BCUT2D eigenvalue weighted by molar-refractivity contribution is 7.71. The standard InChI is InChI=1S/C13H9NO2S/c1-8(15)14-12-10-5-3-2-4-9(10)6-7-11(12)16-13(14)17/h2-7H,1H3. The molecule has 0 unspecified atom stereocenters. The highest BCUT2D eigenvalue weighted by atomic mass is 32.1. The zero-order valence-electron chi connectivity index (χ0n) is 9.14. The topological polar surface area (TPSA) is 35.1 Å². The van der Waals surface area contributed by atoms with E-state index in [4.69, 9.17) is 16.6 Å². The van der Waals surface area contributed by atoms with Crippen molar-refractivity contribution < 1.29 is 9.21 Å². The smallest absolute Gasteiger partial charge is 0.276 e. The summed E-state index contributed by atoms with van der Waals surface area (Å²) in [4.78, 5) is 11.8. The summed E-state index contributed by atoms with van der Waals surface area (Å²) in [6.45, 7) is 1.48. The van der Waals surface area contributed by atoms with Crippen LogP contribution in [-0.2, 0) is 0 Å². The molecule has 1 aromatic heterocycles. The van der Waals surface area contributed by atoms with Gasteiger partial charge in [0.05, 0.1) is 0 Å². The van der Waals surface area contributed by atoms with Crippen molar-refractivity contribution in [2.45, 2.75) is 6.92 Å². The van der Waals surface area contributed by atoms with Crippen molar-refractivity contribution in [2.75, 3.05) is 0 Å². The first-order valence-electron chi connectivity index (χ1n) is 5.23. The first kappa shape index (κ1) is 10.2. The van der Waals surface area contributed by atoms with Gasteiger partial charge < -0.3 is 4.42 Å². The number of aromatic nitrogens is 1. The second-order valence-corrected chi connectivity index (χ2v) is 4.21. The Bertz CT molecular complexity index is 798. The summed E-state index contributed by atoms with van der Waals surface area (Å²) in [5, 5.41) is 2.03. The van der Waals surface area contributed by atoms with Crippen molar-refractivity contribution in [3.05, 3.63) is 41.2 Å². The van der Waals surface area contributed by atoms with Gasteiger partial charge in [-0.25, -0.2) is 4.57 Å². The third-order valence-electron chi connectivity index (χ3n) is 2.78. The van der Waals surface area contributed by atoms with Crippen molar-refractivity contribution in [2.24, 2.45) is 0 Å². The normalized spacial score (nSPS) is 11.1. The Hall–Kier alpha value is -1.94. The van der Waals surface area contributed by atoms with Gasteiger partial charge in [0, 0.05) is 12.3 Å². The Labute approximate surface area is 102 Å². The third kappa shape index (κ3) is 1.41. The van der Waals surface area contributed by atoms with Crippen LogP contribution >= 0.6 is 12.2 Å². The zero-order chi connectivity index (χ0) is 12.0. The van der Waals surface area contributed by atoms with Gasteiger partial charge in [0.1, 0.15) is 5.52 Å². The quantitative estimate of drug-likeness (QED) is 0.564. The van der Waals surface area contributed by atoms with Gasteiger partial charge in [-0.15, -0.1) is 0 Å². The number of carbonyl (C=O) groups is 1. The highest BCUT2D eigenvalue weighted by Gasteiger charge is 2.12. The molecule has 0 aliphatic heterocycles. The maximum atomic E-state index is 11.6. The number of rotatable bonds is 0. The van der Waals surface area contributed by atoms with Crippen LogP contribution in [0.5, 0.6) is 0 Å². The summed E-state index contributed by atoms with van der Waals surface area (Å²) < 4.78 is 6.86. The molecule has 0 aliphatic rings. The van der Waals surface area contributed by atoms with Gasteiger partial charge in [-0.05, 0) is 23.7 Å². The minimum Gasteiger partial charge on any atom is -0.429 e. The number of carbonyl (C=O) groups excluding carboxylic acids is 1. The van der Waals surface area contributed by atoms with E-state index < -0.39 is 0 Å². The summed E-state index contributed by atoms with van der Waals surface area (Å²) in [7, 11) is 0. The maximum absolute atomic E-state index is 11.6. The van der Waals surface area contributed by atoms with Crippen molar-refractivity contribution in [1.82, 2.24) is 4.57 Å². The summed E-state index contributed by atoms with van der Waals surface area (Å²) in [5.41, 5.74) is 1.39. The molecule has 3 aromatic rings. The molecule has 0 N–H and O–H groups in total. The van der Waals surface area contributed by atoms with E-state index in [1.165, 1.54) is 11.5 Å². The molecule has 3 nitrogen and oxygen atoms in total. The van der Waals surface area contributed by atoms with Crippen molar-refractivity contribution in [3.8, 4) is 0 Å². The molecule has 0 bridgehead atoms. The van der Waals surface area contributed by atoms with Crippen LogP contribution < -0.4 is 0 Å². The molecule has 3 rings (SSSR count). The van der Waals surface area contributed by atoms with E-state index in [1.54, 1.807) is 0 Å². The Morgan fingerprint density at radius 2 is 2.00 bits per heavy atom. The fourth-order valence-corrected chi connectivity index (χ4v) is 2.37. The monoisotopic (exact) mass is 243 g/mol. The lowest BCUT2D eigenvalue weighted by molar-refractivity contribution is 0.0936. The number of oxazole rings is 1. The molecule has 0 saturated heterocycles. The van der Waals surface area contributed by atoms with E-state index in [-0.39, 0.29) is 10.7 Å². The largest absolute Gasteiger partial charge is 0.429 e. The van der Waals surface area contributed by atoms with Crippen LogP contribution in [0.1, 0.15) is 11.7 Å². The lowest BCUT2D eigenvalue weighted by Crippen LogP contribution is -2.04. The average Bonchev–Trinajstić information content (AvgIpc) is 2.65. The summed E-state index contributed by atoms with van der Waals surface area (Å²) in [6.07, 6.45) is 0. The predicted molar refractivity (Wildman–Crippen MR) is 68.8 cm³/mol. The van der Waals surface area contributed by atoms with Crippen LogP contribution in [0.4, 0.5) is 0 Å². The minimum atomic E-state index is -0.134. The van der Waals surface area contributed by atoms with E-state index in [2.05, 4.69) is 0 Å². The fourth-order valence-electron chi connectivity index (χ4n) is 2.07. The minimum absolute atomic E-state index is 0.134. The first-order chi connectivity index (χ1) is 8.18. The van der Waals surface area contributed by atoms with Gasteiger partial charge in [-0.2, -0.15) is 0 Å². The lowest BCUT2D eigenvalue weighted by atomic mass is 10.1. The molecule has 0 radical (unpaired) electrons. The van der Waals surface area contributed by atoms with Crippen LogP contribution in [0.3, 0.4) is 0 Å². The van der Waals surface area contributed by atoms with Crippen molar-refractivity contribution in [3.63, 3.8) is 0 Å². The molecule has 0 saturated carbocycles. The summed E-state index contributed by atoms with van der Waals surface area (Å²) in [5.74, 6) is -0.134. The summed E-state index contributed by atoms with van der Waals surface area (Å²) >= 11 is 5.07. The molecule has 0 amide bonds. The van der Waals surface area contributed by atoms with Gasteiger partial charge in [0.25, 0.3) is 4.84 Å². The second kappa shape index (κ2) is 3.53. The number of nitrogens with zero attached hydrogens (tertiary/aromatic N) is 1. The molecule has 4 heteroatoms. The van der Waals surface area contributed by atoms with Crippen LogP contribution in [-0.4, -0.2) is 10.5 Å². The van der Waals surface area contributed by atoms with Gasteiger partial charge >= 0.3 is 0 Å². The van der Waals surface area contributed by atoms with Gasteiger partial charge in [-0.1, -0.05) is 30.3 Å². The molecule has 84 valence electrons. The SMILES string of the molecule is CC(=O)n1c(=S)oc2ccc3ccccc3c21. The molecular formula is C13H9NO2S. The first-order valence-corrected chi connectivity index (χ1v) is 5.63. The van der Waals surface area contributed by atoms with E-state index in [0.717, 1.165) is 16.3 Å². The highest BCUT2D eigenvalue weighted by Crippen LogP contribution is 2.26. The maximum Gasteiger partial charge on any atom is 0.276 e. The molecule has 1 heterocycles. The average molecular weight is 243 g/mol. The molecular weight excluding hydrogens is 234 g/mol. The van der Waals surface area contributed by atoms with E-state index in [9.17, 15) is 4.79 Å². The van der Waals surface area contributed by atoms with Crippen LogP contribution in [0, 0.1) is 4.84 Å². The van der Waals surface area contributed by atoms with Crippen molar-refractivity contribution in [1.29, 1.82) is 0 Å². The number of hydrogen-bond acceptors (Lipinski definition) is 3. The van der Waals surface area contributed by atoms with Gasteiger partial charge in [0.15, 0.2) is 5.58 Å². The third-order valence-corrected chi connectivity index (χ3v) is 3.05. The Balaban J connectivity index is 2.64. The Morgan fingerprint density at radius 3 is 2.76 bits per heavy atom. The van der Waals surface area contributed by atoms with Gasteiger partial charge in [0.2, 0.25) is 5.91 Å². The number of hydrogen-bond donors (Lipinski definition) is 0. The Morgan fingerprint density at radius 1 is 1.24 bits per heavy atom. The van der Waals surface area contributed by atoms with Crippen LogP contribution in [0.15, 0.2) is 40.8 Å². The van der Waals surface area contributed by atoms with E-state index in [1.807, 2.05) is 36.4 Å². The molecule has 0 aliphatic carbocycles. The molecule has 0 spiro atoms. The van der Waals surface area contributed by atoms with Crippen LogP contribution in [0.25, 0.3) is 21.9 Å². The molecule has 0 atom stereocenters. The zero-order valence-corrected chi connectivity index (χ0v) is 9.95. The van der Waals surface area contributed by atoms with E-state index >= 15 is 0 Å². The molecule has 0 fully saturated rings. The van der Waals surface area contributed by atoms with Gasteiger partial charge in [-0.3, -0.25) is 4.79 Å². The second-order valence-electron chi connectivity index (χ2n) is 3.86. The Kier molecular flexibility index (Phi) is 2.12. The number of fused-ring (bicyclic) bond motifs is 3.